The molecule has 1 aliphatic carbocycles. The van der Waals surface area contributed by atoms with E-state index in [1.165, 1.54) is 103 Å². The molecule has 0 amide bonds. The minimum atomic E-state index is -5.87. The molecule has 4 N–H and O–H groups in total. The van der Waals surface area contributed by atoms with E-state index in [0.29, 0.717) is 12.8 Å². The van der Waals surface area contributed by atoms with Gasteiger partial charge < -0.3 is 62.7 Å². The zero-order valence-corrected chi connectivity index (χ0v) is 46.6. The summed E-state index contributed by atoms with van der Waals surface area (Å²) in [4.78, 5) is 60.4. The van der Waals surface area contributed by atoms with E-state index in [9.17, 15) is 53.8 Å². The Hall–Kier alpha value is 2.00. The van der Waals surface area contributed by atoms with Crippen molar-refractivity contribution in [2.24, 2.45) is 0 Å². The van der Waals surface area contributed by atoms with Crippen LogP contribution in [0.5, 0.6) is 0 Å². The molecule has 0 bridgehead atoms. The normalized spacial score (nSPS) is 21.4. The van der Waals surface area contributed by atoms with Crippen molar-refractivity contribution < 1.29 is 166 Å². The van der Waals surface area contributed by atoms with Gasteiger partial charge in [0, 0.05) is 12.8 Å². The Kier molecular flexibility index (Phi) is 46.2. The molecule has 0 aromatic rings. The van der Waals surface area contributed by atoms with Crippen LogP contribution in [0.1, 0.15) is 194 Å². The van der Waals surface area contributed by atoms with E-state index < -0.39 is 83.5 Å². The first-order chi connectivity index (χ1) is 28.1. The van der Waals surface area contributed by atoms with E-state index >= 15 is 0 Å². The summed E-state index contributed by atoms with van der Waals surface area (Å²) in [5.74, 6) is -1.25. The third-order valence-corrected chi connectivity index (χ3v) is 12.1. The first kappa shape index (κ1) is 68.3. The number of rotatable bonds is 38. The molecule has 1 rings (SSSR count). The van der Waals surface area contributed by atoms with Crippen LogP contribution in [0.25, 0.3) is 0 Å². The predicted molar refractivity (Wildman–Crippen MR) is 216 cm³/mol. The van der Waals surface area contributed by atoms with E-state index in [1.807, 2.05) is 0 Å². The second-order valence-corrected chi connectivity index (χ2v) is 18.5. The summed E-state index contributed by atoms with van der Waals surface area (Å²) in [6, 6.07) is 0. The van der Waals surface area contributed by atoms with Crippen LogP contribution in [0, 0.1) is 0 Å². The first-order valence-electron chi connectivity index (χ1n) is 22.5. The van der Waals surface area contributed by atoms with E-state index in [0.717, 1.165) is 51.4 Å². The number of aliphatic hydroxyl groups excluding tert-OH is 4. The van der Waals surface area contributed by atoms with Crippen molar-refractivity contribution in [1.82, 2.24) is 0 Å². The average molecular weight is 957 g/mol. The number of hydrogen-bond acceptors (Lipinski definition) is 16. The van der Waals surface area contributed by atoms with E-state index in [2.05, 4.69) is 18.4 Å². The van der Waals surface area contributed by atoms with Crippen LogP contribution in [0.4, 0.5) is 0 Å². The quantitative estimate of drug-likeness (QED) is 0.0208. The SMILES string of the molecule is CCCCCCCCCCCCCCCC(=O)OC[C@@H](COP(=O)([O-])O[C@@H]1[C@H](O)[C@H](OP(=O)([O-])[O-])[C@@H](O)[C@H](O)[C@H]1O)OC(=O)CCCCCCCCCCCCCCC.[Na+].[Na+].[Na+]. The second kappa shape index (κ2) is 41.9. The average Bonchev–Trinajstić information content (AvgIpc) is 3.18. The Morgan fingerprint density at radius 3 is 1.19 bits per heavy atom. The van der Waals surface area contributed by atoms with Gasteiger partial charge >= 0.3 is 101 Å². The van der Waals surface area contributed by atoms with Crippen molar-refractivity contribution in [3.63, 3.8) is 0 Å². The fourth-order valence-electron chi connectivity index (χ4n) is 7.13. The molecule has 1 saturated carbocycles. The van der Waals surface area contributed by atoms with Gasteiger partial charge in [0.05, 0.1) is 14.4 Å². The van der Waals surface area contributed by atoms with Gasteiger partial charge in [-0.15, -0.1) is 0 Å². The summed E-state index contributed by atoms with van der Waals surface area (Å²) < 4.78 is 48.3. The number of hydrogen-bond donors (Lipinski definition) is 4. The molecule has 0 aliphatic heterocycles. The van der Waals surface area contributed by atoms with Gasteiger partial charge in [-0.25, -0.2) is 0 Å². The van der Waals surface area contributed by atoms with Gasteiger partial charge in [0.25, 0.3) is 7.82 Å². The minimum absolute atomic E-state index is 0. The number of phosphoric ester groups is 2. The number of ether oxygens (including phenoxy) is 2. The van der Waals surface area contributed by atoms with Crippen molar-refractivity contribution in [2.45, 2.75) is 236 Å². The summed E-state index contributed by atoms with van der Waals surface area (Å²) >= 11 is 0. The second-order valence-electron chi connectivity index (χ2n) is 16.1. The number of aliphatic hydroxyl groups is 4. The first-order valence-corrected chi connectivity index (χ1v) is 25.5. The van der Waals surface area contributed by atoms with Crippen molar-refractivity contribution in [3.8, 4) is 0 Å². The van der Waals surface area contributed by atoms with Gasteiger partial charge in [0.1, 0.15) is 43.2 Å². The molecule has 0 heterocycles. The molecule has 8 atom stereocenters. The maximum atomic E-state index is 12.8. The van der Waals surface area contributed by atoms with Crippen molar-refractivity contribution >= 4 is 27.6 Å². The Bertz CT molecular complexity index is 1190. The number of esters is 2. The summed E-state index contributed by atoms with van der Waals surface area (Å²) in [7, 11) is -11.4. The molecule has 1 aliphatic rings. The van der Waals surface area contributed by atoms with E-state index in [-0.39, 0.29) is 102 Å². The number of carbonyl (C=O) groups is 2. The number of carbonyl (C=O) groups excluding carboxylic acids is 2. The van der Waals surface area contributed by atoms with Crippen LogP contribution in [0.2, 0.25) is 0 Å². The maximum absolute atomic E-state index is 12.8. The molecule has 0 saturated heterocycles. The molecule has 0 radical (unpaired) electrons. The standard InChI is InChI=1S/C41H80O16P2.3Na/c1-3-5-7-9-11-13-15-17-19-21-23-25-27-29-34(42)53-31-33(55-35(43)30-28-26-24-22-20-18-16-14-12-10-8-6-4-2)32-54-59(51,52)57-41-38(46)36(44)37(45)40(39(41)47)56-58(48,49)50;;;/h33,36-41,44-47H,3-32H2,1-2H3,(H,51,52)(H2,48,49,50);;;/q;3*+1/p-3/t33-,36-,37-,38+,39+,40+,41-;;;/m0.../s1. The van der Waals surface area contributed by atoms with Gasteiger partial charge in [-0.1, -0.05) is 168 Å². The van der Waals surface area contributed by atoms with Crippen LogP contribution < -0.4 is 103 Å². The minimum Gasteiger partial charge on any atom is -0.790 e. The van der Waals surface area contributed by atoms with Gasteiger partial charge in [-0.2, -0.15) is 0 Å². The van der Waals surface area contributed by atoms with Gasteiger partial charge in [0.15, 0.2) is 6.10 Å². The zero-order valence-electron chi connectivity index (χ0n) is 38.8. The largest absolute Gasteiger partial charge is 1.00 e. The zero-order chi connectivity index (χ0) is 43.9. The van der Waals surface area contributed by atoms with Crippen LogP contribution in [0.15, 0.2) is 0 Å². The number of unbranched alkanes of at least 4 members (excludes halogenated alkanes) is 24. The Morgan fingerprint density at radius 2 is 0.823 bits per heavy atom. The van der Waals surface area contributed by atoms with Crippen LogP contribution in [-0.2, 0) is 41.8 Å². The van der Waals surface area contributed by atoms with Crippen LogP contribution in [-0.4, -0.2) is 88.3 Å². The summed E-state index contributed by atoms with van der Waals surface area (Å²) in [5.41, 5.74) is 0. The third kappa shape index (κ3) is 35.2. The molecule has 1 fully saturated rings. The van der Waals surface area contributed by atoms with E-state index in [4.69, 9.17) is 18.5 Å². The molecule has 0 spiro atoms. The van der Waals surface area contributed by atoms with Crippen molar-refractivity contribution in [1.29, 1.82) is 0 Å². The fourth-order valence-corrected chi connectivity index (χ4v) is 8.63. The predicted octanol–water partition coefficient (Wildman–Crippen LogP) is -3.04. The maximum Gasteiger partial charge on any atom is 1.00 e. The Labute approximate surface area is 438 Å². The molecular formula is C41H77Na3O16P2. The molecule has 350 valence electrons. The molecule has 16 nitrogen and oxygen atoms in total. The number of phosphoric acid groups is 2. The van der Waals surface area contributed by atoms with Crippen LogP contribution >= 0.6 is 15.6 Å². The van der Waals surface area contributed by atoms with E-state index in [1.54, 1.807) is 0 Å². The smallest absolute Gasteiger partial charge is 0.790 e. The van der Waals surface area contributed by atoms with Crippen molar-refractivity contribution in [2.75, 3.05) is 13.2 Å². The third-order valence-electron chi connectivity index (χ3n) is 10.7. The molecule has 62 heavy (non-hydrogen) atoms. The Balaban J connectivity index is -0.0000116. The van der Waals surface area contributed by atoms with Gasteiger partial charge in [0.2, 0.25) is 0 Å². The molecule has 21 heteroatoms. The summed E-state index contributed by atoms with van der Waals surface area (Å²) in [5, 5.41) is 40.9. The Morgan fingerprint density at radius 1 is 0.484 bits per heavy atom. The van der Waals surface area contributed by atoms with Crippen LogP contribution in [0.3, 0.4) is 0 Å². The molecule has 0 aromatic heterocycles. The molecular weight excluding hydrogens is 879 g/mol. The van der Waals surface area contributed by atoms with Crippen molar-refractivity contribution in [3.05, 3.63) is 0 Å². The van der Waals surface area contributed by atoms with Gasteiger partial charge in [-0.05, 0) is 12.8 Å². The molecule has 1 unspecified atom stereocenters. The summed E-state index contributed by atoms with van der Waals surface area (Å²) in [6.07, 6.45) is 14.0. The summed E-state index contributed by atoms with van der Waals surface area (Å²) in [6.45, 7) is 2.97. The molecule has 0 aromatic carbocycles. The fraction of sp³-hybridized carbons (Fsp3) is 0.951. The topological polar surface area (TPSA) is 265 Å². The monoisotopic (exact) mass is 956 g/mol. The van der Waals surface area contributed by atoms with Gasteiger partial charge in [-0.3, -0.25) is 14.2 Å².